The normalized spacial score (nSPS) is 11.0. The van der Waals surface area contributed by atoms with E-state index in [1.807, 2.05) is 25.1 Å². The number of hydrogen-bond donors (Lipinski definition) is 1. The molecular formula is C19H23N3OS2. The van der Waals surface area contributed by atoms with Gasteiger partial charge in [0.05, 0.1) is 9.58 Å². The average molecular weight is 374 g/mol. The number of amides is 1. The Morgan fingerprint density at radius 2 is 1.96 bits per heavy atom. The van der Waals surface area contributed by atoms with Crippen LogP contribution in [0.3, 0.4) is 0 Å². The summed E-state index contributed by atoms with van der Waals surface area (Å²) in [5.41, 5.74) is 3.19. The van der Waals surface area contributed by atoms with Gasteiger partial charge in [-0.3, -0.25) is 4.79 Å². The van der Waals surface area contributed by atoms with E-state index in [9.17, 15) is 4.79 Å². The lowest BCUT2D eigenvalue weighted by atomic mass is 10.1. The van der Waals surface area contributed by atoms with Gasteiger partial charge in [-0.1, -0.05) is 36.5 Å². The van der Waals surface area contributed by atoms with E-state index in [0.717, 1.165) is 51.0 Å². The van der Waals surface area contributed by atoms with E-state index in [0.29, 0.717) is 4.88 Å². The molecule has 2 aromatic heterocycles. The lowest BCUT2D eigenvalue weighted by Gasteiger charge is -2.16. The number of thiazole rings is 1. The number of hydrogen-bond acceptors (Lipinski definition) is 5. The molecule has 0 saturated heterocycles. The number of rotatable bonds is 6. The van der Waals surface area contributed by atoms with E-state index in [1.165, 1.54) is 11.3 Å². The maximum absolute atomic E-state index is 12.7. The molecule has 0 bridgehead atoms. The minimum atomic E-state index is -0.0522. The van der Waals surface area contributed by atoms with Crippen molar-refractivity contribution in [2.45, 2.75) is 34.1 Å². The van der Waals surface area contributed by atoms with E-state index in [4.69, 9.17) is 4.98 Å². The highest BCUT2D eigenvalue weighted by Crippen LogP contribution is 2.35. The van der Waals surface area contributed by atoms with Crippen molar-refractivity contribution in [1.82, 2.24) is 4.98 Å². The largest absolute Gasteiger partial charge is 0.349 e. The Morgan fingerprint density at radius 3 is 2.60 bits per heavy atom. The third-order valence-corrected chi connectivity index (χ3v) is 6.53. The summed E-state index contributed by atoms with van der Waals surface area (Å²) in [6.45, 7) is 10.3. The van der Waals surface area contributed by atoms with Crippen LogP contribution in [0, 0.1) is 6.92 Å². The number of fused-ring (bicyclic) bond motifs is 1. The molecule has 1 aromatic carbocycles. The Bertz CT molecular complexity index is 862. The van der Waals surface area contributed by atoms with Crippen LogP contribution in [0.15, 0.2) is 24.3 Å². The van der Waals surface area contributed by atoms with E-state index >= 15 is 0 Å². The van der Waals surface area contributed by atoms with Crippen molar-refractivity contribution < 1.29 is 4.79 Å². The Balaban J connectivity index is 1.85. The second-order valence-electron chi connectivity index (χ2n) is 5.87. The minimum absolute atomic E-state index is 0.0522. The van der Waals surface area contributed by atoms with Crippen LogP contribution in [0.2, 0.25) is 0 Å². The molecule has 0 atom stereocenters. The van der Waals surface area contributed by atoms with Crippen LogP contribution in [0.5, 0.6) is 0 Å². The average Bonchev–Trinajstić information content (AvgIpc) is 3.17. The Kier molecular flexibility index (Phi) is 5.39. The fraction of sp³-hybridized carbons (Fsp3) is 0.368. The Morgan fingerprint density at radius 1 is 1.20 bits per heavy atom. The number of anilines is 2. The number of carbonyl (C=O) groups is 1. The fourth-order valence-corrected chi connectivity index (χ4v) is 5.08. The first kappa shape index (κ1) is 17.9. The zero-order valence-electron chi connectivity index (χ0n) is 15.0. The van der Waals surface area contributed by atoms with E-state index in [2.05, 4.69) is 37.1 Å². The van der Waals surface area contributed by atoms with Gasteiger partial charge in [0, 0.05) is 18.8 Å². The lowest BCUT2D eigenvalue weighted by molar-refractivity contribution is 0.103. The predicted molar refractivity (Wildman–Crippen MR) is 110 cm³/mol. The zero-order chi connectivity index (χ0) is 18.0. The topological polar surface area (TPSA) is 45.2 Å². The molecule has 0 aliphatic heterocycles. The quantitative estimate of drug-likeness (QED) is 0.635. The number of nitrogens with zero attached hydrogens (tertiary/aromatic N) is 2. The number of nitrogens with one attached hydrogen (secondary N) is 1. The molecule has 1 N–H and O–H groups in total. The van der Waals surface area contributed by atoms with Crippen LogP contribution in [0.4, 0.5) is 10.8 Å². The summed E-state index contributed by atoms with van der Waals surface area (Å²) >= 11 is 3.12. The van der Waals surface area contributed by atoms with E-state index < -0.39 is 0 Å². The summed E-state index contributed by atoms with van der Waals surface area (Å²) in [6, 6.07) is 8.08. The number of carbonyl (C=O) groups excluding carboxylic acids is 1. The summed E-state index contributed by atoms with van der Waals surface area (Å²) in [7, 11) is 0. The maximum Gasteiger partial charge on any atom is 0.265 e. The molecule has 1 amide bonds. The lowest BCUT2D eigenvalue weighted by Crippen LogP contribution is -2.21. The smallest absolute Gasteiger partial charge is 0.265 e. The van der Waals surface area contributed by atoms with Gasteiger partial charge in [-0.25, -0.2) is 4.98 Å². The number of benzene rings is 1. The molecule has 3 rings (SSSR count). The summed E-state index contributed by atoms with van der Waals surface area (Å²) in [5.74, 6) is -0.0522. The first-order valence-electron chi connectivity index (χ1n) is 8.62. The highest BCUT2D eigenvalue weighted by Gasteiger charge is 2.17. The fourth-order valence-electron chi connectivity index (χ4n) is 2.84. The molecule has 132 valence electrons. The van der Waals surface area contributed by atoms with Gasteiger partial charge in [0.1, 0.15) is 4.83 Å². The Labute approximate surface area is 156 Å². The van der Waals surface area contributed by atoms with Crippen molar-refractivity contribution in [3.05, 3.63) is 40.3 Å². The van der Waals surface area contributed by atoms with Crippen molar-refractivity contribution in [3.63, 3.8) is 0 Å². The van der Waals surface area contributed by atoms with Crippen LogP contribution in [0.25, 0.3) is 9.53 Å². The van der Waals surface area contributed by atoms with Crippen LogP contribution in [0.1, 0.15) is 41.6 Å². The van der Waals surface area contributed by atoms with Crippen molar-refractivity contribution >= 4 is 48.9 Å². The molecule has 0 spiro atoms. The predicted octanol–water partition coefficient (Wildman–Crippen LogP) is 5.33. The van der Waals surface area contributed by atoms with Crippen LogP contribution < -0.4 is 10.2 Å². The molecule has 0 aliphatic rings. The number of para-hydroxylation sites is 1. The third-order valence-electron chi connectivity index (χ3n) is 4.31. The van der Waals surface area contributed by atoms with Crippen molar-refractivity contribution in [1.29, 1.82) is 0 Å². The highest BCUT2D eigenvalue weighted by molar-refractivity contribution is 7.29. The Hall–Kier alpha value is -1.92. The molecule has 0 aliphatic carbocycles. The van der Waals surface area contributed by atoms with Gasteiger partial charge in [-0.2, -0.15) is 0 Å². The van der Waals surface area contributed by atoms with Crippen LogP contribution >= 0.6 is 22.7 Å². The SMILES string of the molecule is CCc1cccc(C)c1NC(=O)c1cc2sc(N(CC)CC)nc2s1. The van der Waals surface area contributed by atoms with Gasteiger partial charge in [-0.05, 0) is 44.4 Å². The molecular weight excluding hydrogens is 350 g/mol. The van der Waals surface area contributed by atoms with E-state index in [-0.39, 0.29) is 5.91 Å². The maximum atomic E-state index is 12.7. The molecule has 0 fully saturated rings. The second kappa shape index (κ2) is 7.54. The molecule has 2 heterocycles. The van der Waals surface area contributed by atoms with Gasteiger partial charge in [0.15, 0.2) is 5.13 Å². The monoisotopic (exact) mass is 373 g/mol. The minimum Gasteiger partial charge on any atom is -0.349 e. The molecule has 6 heteroatoms. The van der Waals surface area contributed by atoms with Gasteiger partial charge >= 0.3 is 0 Å². The van der Waals surface area contributed by atoms with Crippen LogP contribution in [-0.2, 0) is 6.42 Å². The number of aromatic nitrogens is 1. The highest BCUT2D eigenvalue weighted by atomic mass is 32.1. The van der Waals surface area contributed by atoms with Gasteiger partial charge in [0.25, 0.3) is 5.91 Å². The number of thiophene rings is 1. The molecule has 4 nitrogen and oxygen atoms in total. The van der Waals surface area contributed by atoms with Crippen LogP contribution in [-0.4, -0.2) is 24.0 Å². The van der Waals surface area contributed by atoms with Crippen molar-refractivity contribution in [2.75, 3.05) is 23.3 Å². The molecule has 25 heavy (non-hydrogen) atoms. The first-order valence-corrected chi connectivity index (χ1v) is 10.3. The van der Waals surface area contributed by atoms with Gasteiger partial charge < -0.3 is 10.2 Å². The summed E-state index contributed by atoms with van der Waals surface area (Å²) in [5, 5.41) is 4.13. The second-order valence-corrected chi connectivity index (χ2v) is 7.91. The zero-order valence-corrected chi connectivity index (χ0v) is 16.7. The standard InChI is InChI=1S/C19H23N3OS2/c1-5-13-10-8-9-12(4)16(13)20-17(23)14-11-15-18(24-14)21-19(25-15)22(6-2)7-3/h8-11H,5-7H2,1-4H3,(H,20,23). The van der Waals surface area contributed by atoms with Crippen molar-refractivity contribution in [3.8, 4) is 0 Å². The molecule has 0 saturated carbocycles. The molecule has 0 radical (unpaired) electrons. The molecule has 0 unspecified atom stereocenters. The van der Waals surface area contributed by atoms with Crippen molar-refractivity contribution in [2.24, 2.45) is 0 Å². The summed E-state index contributed by atoms with van der Waals surface area (Å²) in [6.07, 6.45) is 0.894. The van der Waals surface area contributed by atoms with E-state index in [1.54, 1.807) is 11.3 Å². The van der Waals surface area contributed by atoms with Gasteiger partial charge in [-0.15, -0.1) is 11.3 Å². The summed E-state index contributed by atoms with van der Waals surface area (Å²) in [4.78, 5) is 21.3. The molecule has 3 aromatic rings. The third kappa shape index (κ3) is 3.55. The van der Waals surface area contributed by atoms with Gasteiger partial charge in [0.2, 0.25) is 0 Å². The summed E-state index contributed by atoms with van der Waals surface area (Å²) < 4.78 is 1.08. The first-order chi connectivity index (χ1) is 12.1. The number of aryl methyl sites for hydroxylation is 2.